The van der Waals surface area contributed by atoms with Gasteiger partial charge < -0.3 is 14.9 Å². The van der Waals surface area contributed by atoms with Gasteiger partial charge in [0.15, 0.2) is 10.8 Å². The minimum atomic E-state index is -1.21. The number of hydrogen-bond acceptors (Lipinski definition) is 6. The Morgan fingerprint density at radius 1 is 1.42 bits per heavy atom. The summed E-state index contributed by atoms with van der Waals surface area (Å²) in [5, 5.41) is 18.9. The first kappa shape index (κ1) is 17.2. The Hall–Kier alpha value is -1.64. The molecule has 6 nitrogen and oxygen atoms in total. The number of nitrogens with zero attached hydrogens (tertiary/aromatic N) is 1. The maximum Gasteiger partial charge on any atom is 0.357 e. The molecule has 0 aromatic heterocycles. The van der Waals surface area contributed by atoms with Crippen molar-refractivity contribution in [1.82, 2.24) is 4.90 Å². The Labute approximate surface area is 147 Å². The third-order valence-electron chi connectivity index (χ3n) is 3.81. The maximum absolute atomic E-state index is 12.1. The second kappa shape index (κ2) is 6.70. The number of ether oxygens (including phenoxy) is 1. The molecule has 0 aliphatic carbocycles. The lowest BCUT2D eigenvalue weighted by molar-refractivity contribution is -0.156. The number of carboxylic acids is 1. The number of benzene rings is 1. The van der Waals surface area contributed by atoms with Crippen LogP contribution in [0.3, 0.4) is 0 Å². The molecule has 24 heavy (non-hydrogen) atoms. The zero-order valence-electron chi connectivity index (χ0n) is 13.1. The van der Waals surface area contributed by atoms with E-state index in [2.05, 4.69) is 6.92 Å². The summed E-state index contributed by atoms with van der Waals surface area (Å²) >= 11 is 2.86. The summed E-state index contributed by atoms with van der Waals surface area (Å²) in [6.45, 7) is 3.60. The van der Waals surface area contributed by atoms with Crippen molar-refractivity contribution in [2.24, 2.45) is 5.92 Å². The average Bonchev–Trinajstić information content (AvgIpc) is 2.83. The molecule has 1 aromatic rings. The number of aliphatic hydroxyl groups excluding tert-OH is 1. The fraction of sp³-hybridized carbons (Fsp3) is 0.375. The minimum Gasteiger partial charge on any atom is -0.476 e. The minimum absolute atomic E-state index is 0.154. The molecule has 128 valence electrons. The van der Waals surface area contributed by atoms with Crippen molar-refractivity contribution in [3.8, 4) is 5.75 Å². The lowest BCUT2D eigenvalue weighted by Gasteiger charge is -2.43. The quantitative estimate of drug-likeness (QED) is 0.589. The summed E-state index contributed by atoms with van der Waals surface area (Å²) in [7, 11) is 0. The third-order valence-corrected chi connectivity index (χ3v) is 5.94. The van der Waals surface area contributed by atoms with E-state index < -0.39 is 23.4 Å². The zero-order chi connectivity index (χ0) is 17.4. The number of amides is 1. The van der Waals surface area contributed by atoms with Gasteiger partial charge in [-0.2, -0.15) is 0 Å². The van der Waals surface area contributed by atoms with Gasteiger partial charge in [-0.1, -0.05) is 18.7 Å². The van der Waals surface area contributed by atoms with Gasteiger partial charge in [0, 0.05) is 4.90 Å². The Bertz CT molecular complexity index is 701. The normalized spacial score (nSPS) is 23.8. The molecule has 3 atom stereocenters. The highest BCUT2D eigenvalue weighted by atomic mass is 32.2. The first-order chi connectivity index (χ1) is 11.4. The second-order valence-electron chi connectivity index (χ2n) is 5.43. The number of carbonyl (C=O) groups is 2. The van der Waals surface area contributed by atoms with Gasteiger partial charge in [-0.3, -0.25) is 9.69 Å². The van der Waals surface area contributed by atoms with Crippen LogP contribution < -0.4 is 4.74 Å². The van der Waals surface area contributed by atoms with Crippen molar-refractivity contribution in [2.45, 2.75) is 30.2 Å². The van der Waals surface area contributed by atoms with Gasteiger partial charge in [0.2, 0.25) is 5.91 Å². The van der Waals surface area contributed by atoms with Crippen LogP contribution in [0.15, 0.2) is 39.9 Å². The molecule has 0 unspecified atom stereocenters. The predicted octanol–water partition coefficient (Wildman–Crippen LogP) is 2.34. The molecule has 0 radical (unpaired) electrons. The van der Waals surface area contributed by atoms with Crippen LogP contribution in [0.25, 0.3) is 0 Å². The van der Waals surface area contributed by atoms with E-state index >= 15 is 0 Å². The number of β-lactam (4-membered cyclic amide) rings is 1. The topological polar surface area (TPSA) is 87.1 Å². The highest BCUT2D eigenvalue weighted by molar-refractivity contribution is 8.03. The lowest BCUT2D eigenvalue weighted by atomic mass is 9.92. The van der Waals surface area contributed by atoms with Crippen molar-refractivity contribution in [1.29, 1.82) is 0 Å². The third kappa shape index (κ3) is 2.89. The summed E-state index contributed by atoms with van der Waals surface area (Å²) in [6.07, 6.45) is -0.828. The zero-order valence-corrected chi connectivity index (χ0v) is 14.8. The van der Waals surface area contributed by atoms with E-state index in [4.69, 9.17) is 4.74 Å². The van der Waals surface area contributed by atoms with Gasteiger partial charge in [0.25, 0.3) is 0 Å². The predicted molar refractivity (Wildman–Crippen MR) is 91.5 cm³/mol. The van der Waals surface area contributed by atoms with Crippen molar-refractivity contribution in [3.05, 3.63) is 35.1 Å². The summed E-state index contributed by atoms with van der Waals surface area (Å²) in [4.78, 5) is 26.0. The highest BCUT2D eigenvalue weighted by Crippen LogP contribution is 2.50. The van der Waals surface area contributed by atoms with Crippen LogP contribution in [0.2, 0.25) is 0 Å². The lowest BCUT2D eigenvalue weighted by Crippen LogP contribution is -2.60. The molecular weight excluding hydrogens is 350 g/mol. The molecule has 1 saturated heterocycles. The van der Waals surface area contributed by atoms with Crippen molar-refractivity contribution in [2.75, 3.05) is 5.75 Å². The van der Waals surface area contributed by atoms with Crippen LogP contribution in [-0.2, 0) is 9.59 Å². The Morgan fingerprint density at radius 2 is 2.08 bits per heavy atom. The number of aliphatic hydroxyl groups is 1. The number of thioether (sulfide) groups is 2. The van der Waals surface area contributed by atoms with Crippen molar-refractivity contribution in [3.63, 3.8) is 0 Å². The smallest absolute Gasteiger partial charge is 0.357 e. The van der Waals surface area contributed by atoms with Crippen molar-refractivity contribution < 1.29 is 24.5 Å². The summed E-state index contributed by atoms with van der Waals surface area (Å²) < 4.78 is 5.72. The van der Waals surface area contributed by atoms with Gasteiger partial charge in [-0.15, -0.1) is 11.8 Å². The molecule has 2 N–H and O–H groups in total. The van der Waals surface area contributed by atoms with E-state index in [0.717, 1.165) is 22.4 Å². The number of rotatable bonds is 6. The number of hydrogen-bond donors (Lipinski definition) is 2. The fourth-order valence-corrected chi connectivity index (χ4v) is 4.83. The summed E-state index contributed by atoms with van der Waals surface area (Å²) in [6, 6.07) is 7.36. The van der Waals surface area contributed by atoms with E-state index in [1.54, 1.807) is 23.9 Å². The molecular formula is C16H17NO5S2. The molecule has 2 aliphatic rings. The molecule has 2 heterocycles. The first-order valence-corrected chi connectivity index (χ1v) is 9.36. The van der Waals surface area contributed by atoms with Crippen LogP contribution in [0.4, 0.5) is 0 Å². The standard InChI is InChI=1S/C16H17NO5S2/c1-3-23-10-6-4-9(5-7-10)22-16-12(15(20)21)17-13(19)11(8(2)18)14(17)24-16/h4-8,11,14,18H,3H2,1-2H3,(H,20,21)/t8-,11+,14-/m1/s1. The fourth-order valence-electron chi connectivity index (χ4n) is 2.70. The van der Waals surface area contributed by atoms with Gasteiger partial charge in [0.1, 0.15) is 11.1 Å². The molecule has 0 saturated carbocycles. The van der Waals surface area contributed by atoms with Crippen LogP contribution in [0.5, 0.6) is 5.75 Å². The van der Waals surface area contributed by atoms with E-state index in [0.29, 0.717) is 5.75 Å². The number of carboxylic acid groups (broad SMARTS) is 1. The van der Waals surface area contributed by atoms with Crippen LogP contribution >= 0.6 is 23.5 Å². The molecule has 1 amide bonds. The van der Waals surface area contributed by atoms with E-state index in [-0.39, 0.29) is 16.7 Å². The highest BCUT2D eigenvalue weighted by Gasteiger charge is 2.58. The van der Waals surface area contributed by atoms with Gasteiger partial charge in [-0.05, 0) is 36.9 Å². The number of aliphatic carboxylic acids is 1. The molecule has 3 rings (SSSR count). The average molecular weight is 367 g/mol. The van der Waals surface area contributed by atoms with Crippen molar-refractivity contribution >= 4 is 35.4 Å². The van der Waals surface area contributed by atoms with E-state index in [1.165, 1.54) is 11.8 Å². The van der Waals surface area contributed by atoms with Gasteiger partial charge >= 0.3 is 5.97 Å². The van der Waals surface area contributed by atoms with Gasteiger partial charge in [-0.25, -0.2) is 4.79 Å². The summed E-state index contributed by atoms with van der Waals surface area (Å²) in [5.41, 5.74) is -0.154. The molecule has 2 aliphatic heterocycles. The first-order valence-electron chi connectivity index (χ1n) is 7.50. The maximum atomic E-state index is 12.1. The molecule has 1 aromatic carbocycles. The SMILES string of the molecule is CCSc1ccc(OC2=C(C(=O)O)N3C(=O)[C@H]([C@@H](C)O)[C@H]3S2)cc1. The molecule has 8 heteroatoms. The Morgan fingerprint density at radius 3 is 2.62 bits per heavy atom. The van der Waals surface area contributed by atoms with Crippen LogP contribution in [0.1, 0.15) is 13.8 Å². The molecule has 1 fully saturated rings. The molecule has 0 bridgehead atoms. The number of carbonyl (C=O) groups excluding carboxylic acids is 1. The van der Waals surface area contributed by atoms with Crippen LogP contribution in [0, 0.1) is 5.92 Å². The monoisotopic (exact) mass is 367 g/mol. The number of fused-ring (bicyclic) bond motifs is 1. The van der Waals surface area contributed by atoms with E-state index in [1.807, 2.05) is 12.1 Å². The molecule has 0 spiro atoms. The summed E-state index contributed by atoms with van der Waals surface area (Å²) in [5.74, 6) is -0.720. The second-order valence-corrected chi connectivity index (χ2v) is 7.86. The van der Waals surface area contributed by atoms with Crippen LogP contribution in [-0.4, -0.2) is 44.2 Å². The van der Waals surface area contributed by atoms with E-state index in [9.17, 15) is 19.8 Å². The largest absolute Gasteiger partial charge is 0.476 e. The van der Waals surface area contributed by atoms with Gasteiger partial charge in [0.05, 0.1) is 12.0 Å². The Balaban J connectivity index is 1.82. The Kier molecular flexibility index (Phi) is 4.80.